The van der Waals surface area contributed by atoms with Crippen molar-refractivity contribution in [3.63, 3.8) is 0 Å². The zero-order valence-electron chi connectivity index (χ0n) is 27.3. The molecule has 1 nitrogen and oxygen atoms in total. The fourth-order valence-electron chi connectivity index (χ4n) is 7.95. The Balaban J connectivity index is 4.04. The summed E-state index contributed by atoms with van der Waals surface area (Å²) < 4.78 is 10.4. The first-order valence-corrected chi connectivity index (χ1v) is 32.7. The van der Waals surface area contributed by atoms with Gasteiger partial charge in [-0.1, -0.05) is 0 Å². The Hall–Kier alpha value is 0.517. The van der Waals surface area contributed by atoms with Crippen LogP contribution in [0.4, 0.5) is 0 Å². The number of allylic oxidation sites excluding steroid dienone is 1. The Kier molecular flexibility index (Phi) is 21.3. The molecule has 0 saturated carbocycles. The van der Waals surface area contributed by atoms with Gasteiger partial charge in [0.15, 0.2) is 0 Å². The van der Waals surface area contributed by atoms with Crippen LogP contribution in [0.2, 0.25) is 28.6 Å². The molecule has 0 aromatic heterocycles. The molecular formula is C36H68OSn2. The van der Waals surface area contributed by atoms with E-state index >= 15 is 0 Å². The minimum absolute atomic E-state index is 0.337. The molecule has 0 spiro atoms. The van der Waals surface area contributed by atoms with Crippen molar-refractivity contribution in [3.8, 4) is 0 Å². The van der Waals surface area contributed by atoms with E-state index in [2.05, 4.69) is 84.5 Å². The maximum atomic E-state index is 12.4. The first-order valence-electron chi connectivity index (χ1n) is 17.3. The number of aliphatic hydroxyl groups is 1. The molecule has 0 fully saturated rings. The minimum atomic E-state index is -2.74. The zero-order valence-corrected chi connectivity index (χ0v) is 33.0. The van der Waals surface area contributed by atoms with Gasteiger partial charge in [0, 0.05) is 0 Å². The van der Waals surface area contributed by atoms with E-state index in [4.69, 9.17) is 0 Å². The van der Waals surface area contributed by atoms with Crippen LogP contribution in [0.3, 0.4) is 0 Å². The predicted molar refractivity (Wildman–Crippen MR) is 183 cm³/mol. The van der Waals surface area contributed by atoms with E-state index in [0.29, 0.717) is 5.92 Å². The van der Waals surface area contributed by atoms with Gasteiger partial charge in [-0.3, -0.25) is 0 Å². The van der Waals surface area contributed by atoms with Crippen molar-refractivity contribution in [2.75, 3.05) is 0 Å². The van der Waals surface area contributed by atoms with Gasteiger partial charge < -0.3 is 0 Å². The summed E-state index contributed by atoms with van der Waals surface area (Å²) in [4.78, 5) is 0. The fourth-order valence-corrected chi connectivity index (χ4v) is 87.8. The van der Waals surface area contributed by atoms with Crippen LogP contribution in [-0.2, 0) is 0 Å². The average molecular weight is 754 g/mol. The van der Waals surface area contributed by atoms with Crippen molar-refractivity contribution >= 4 is 36.8 Å². The second kappa shape index (κ2) is 22.1. The van der Waals surface area contributed by atoms with E-state index in [1.807, 2.05) is 0 Å². The van der Waals surface area contributed by atoms with Crippen LogP contribution in [0.15, 0.2) is 43.0 Å². The van der Waals surface area contributed by atoms with Crippen LogP contribution in [0.5, 0.6) is 0 Å². The van der Waals surface area contributed by atoms with E-state index in [0.717, 1.165) is 13.9 Å². The number of hydrogen-bond donors (Lipinski definition) is 1. The Labute approximate surface area is 254 Å². The summed E-state index contributed by atoms with van der Waals surface area (Å²) in [5.74, 6) is 0.396. The van der Waals surface area contributed by atoms with Crippen LogP contribution < -0.4 is 0 Å². The van der Waals surface area contributed by atoms with Crippen molar-refractivity contribution < 1.29 is 5.11 Å². The number of unbranched alkanes of at least 4 members (excludes halogenated alkanes) is 6. The molecule has 1 N–H and O–H groups in total. The standard InChI is InChI=1S/C12H14O.6C4H9.2Sn/c1-3-7-10(2)12(13)11-8-5-4-6-9-11;6*1-3-4-2;;/h2-6,8-10,12-13H,1,7H2;6*1,3-4H2,2H3;;/t10-,12+;;;;;;;;/m0......../s1. The van der Waals surface area contributed by atoms with E-state index in [1.165, 1.54) is 77.0 Å². The van der Waals surface area contributed by atoms with Crippen LogP contribution in [0.1, 0.15) is 137 Å². The first-order chi connectivity index (χ1) is 19.0. The number of rotatable bonds is 25. The van der Waals surface area contributed by atoms with Crippen molar-refractivity contribution in [2.45, 2.75) is 160 Å². The zero-order chi connectivity index (χ0) is 29.0. The molecule has 39 heavy (non-hydrogen) atoms. The van der Waals surface area contributed by atoms with E-state index in [1.54, 1.807) is 26.6 Å². The SMILES string of the molecule is C=CC[C@H]([CH]([Sn]([CH2]CCC)([CH2]CCC)[CH2]CCC)[Sn]([CH2]CCC)([CH2]CCC)[CH2]CCC)[C@@H](O)c1ccccc1. The van der Waals surface area contributed by atoms with Gasteiger partial charge >= 0.3 is 256 Å². The Morgan fingerprint density at radius 3 is 1.23 bits per heavy atom. The molecule has 226 valence electrons. The molecule has 0 aliphatic rings. The van der Waals surface area contributed by atoms with Crippen LogP contribution in [-0.4, -0.2) is 41.9 Å². The molecule has 2 atom stereocenters. The Bertz CT molecular complexity index is 642. The van der Waals surface area contributed by atoms with Gasteiger partial charge in [0.1, 0.15) is 0 Å². The van der Waals surface area contributed by atoms with Gasteiger partial charge in [-0.2, -0.15) is 0 Å². The third kappa shape index (κ3) is 12.0. The van der Waals surface area contributed by atoms with Crippen LogP contribution >= 0.6 is 0 Å². The second-order valence-corrected chi connectivity index (χ2v) is 45.2. The van der Waals surface area contributed by atoms with Crippen molar-refractivity contribution in [1.29, 1.82) is 0 Å². The molecule has 1 rings (SSSR count). The number of hydrogen-bond acceptors (Lipinski definition) is 1. The molecule has 0 saturated heterocycles. The van der Waals surface area contributed by atoms with Gasteiger partial charge in [-0.05, 0) is 0 Å². The van der Waals surface area contributed by atoms with Gasteiger partial charge in [0.2, 0.25) is 0 Å². The molecule has 0 amide bonds. The maximum absolute atomic E-state index is 12.4. The summed E-state index contributed by atoms with van der Waals surface area (Å²) >= 11 is -5.47. The molecule has 1 aromatic carbocycles. The van der Waals surface area contributed by atoms with Gasteiger partial charge in [0.25, 0.3) is 0 Å². The Morgan fingerprint density at radius 2 is 0.949 bits per heavy atom. The van der Waals surface area contributed by atoms with E-state index in [-0.39, 0.29) is 6.10 Å². The summed E-state index contributed by atoms with van der Waals surface area (Å²) in [6, 6.07) is 10.8. The molecule has 0 aliphatic carbocycles. The molecule has 0 bridgehead atoms. The summed E-state index contributed by atoms with van der Waals surface area (Å²) in [7, 11) is 0. The molecule has 0 aliphatic heterocycles. The topological polar surface area (TPSA) is 20.2 Å². The average Bonchev–Trinajstić information content (AvgIpc) is 2.97. The monoisotopic (exact) mass is 756 g/mol. The van der Waals surface area contributed by atoms with E-state index < -0.39 is 36.8 Å². The predicted octanol–water partition coefficient (Wildman–Crippen LogP) is 12.5. The summed E-state index contributed by atoms with van der Waals surface area (Å²) in [5, 5.41) is 12.4. The van der Waals surface area contributed by atoms with E-state index in [9.17, 15) is 5.11 Å². The summed E-state index contributed by atoms with van der Waals surface area (Å²) in [6.45, 7) is 18.9. The molecule has 0 radical (unpaired) electrons. The molecule has 3 heteroatoms. The van der Waals surface area contributed by atoms with Crippen molar-refractivity contribution in [3.05, 3.63) is 48.6 Å². The molecule has 1 aromatic rings. The third-order valence-electron chi connectivity index (χ3n) is 9.90. The number of benzene rings is 1. The molecule has 0 heterocycles. The fraction of sp³-hybridized carbons (Fsp3) is 0.778. The van der Waals surface area contributed by atoms with Crippen molar-refractivity contribution in [2.24, 2.45) is 5.92 Å². The Morgan fingerprint density at radius 1 is 0.615 bits per heavy atom. The molecular weight excluding hydrogens is 686 g/mol. The normalized spacial score (nSPS) is 14.1. The van der Waals surface area contributed by atoms with Gasteiger partial charge in [-0.15, -0.1) is 0 Å². The molecule has 0 unspecified atom stereocenters. The summed E-state index contributed by atoms with van der Waals surface area (Å²) in [5.41, 5.74) is 1.16. The van der Waals surface area contributed by atoms with Crippen LogP contribution in [0, 0.1) is 5.92 Å². The summed E-state index contributed by atoms with van der Waals surface area (Å²) in [6.07, 6.45) is 19.4. The third-order valence-corrected chi connectivity index (χ3v) is 66.4. The van der Waals surface area contributed by atoms with Gasteiger partial charge in [0.05, 0.1) is 0 Å². The quantitative estimate of drug-likeness (QED) is 0.0779. The number of aliphatic hydroxyl groups excluding tert-OH is 1. The van der Waals surface area contributed by atoms with Crippen molar-refractivity contribution in [1.82, 2.24) is 0 Å². The van der Waals surface area contributed by atoms with Crippen LogP contribution in [0.25, 0.3) is 0 Å². The first kappa shape index (κ1) is 37.5. The van der Waals surface area contributed by atoms with Gasteiger partial charge in [-0.25, -0.2) is 0 Å². The second-order valence-electron chi connectivity index (χ2n) is 12.9.